The van der Waals surface area contributed by atoms with Gasteiger partial charge in [0.05, 0.1) is 0 Å². The summed E-state index contributed by atoms with van der Waals surface area (Å²) >= 11 is 4.64. The Bertz CT molecular complexity index is 25.9. The van der Waals surface area contributed by atoms with Crippen molar-refractivity contribution in [2.75, 3.05) is 32.6 Å². The van der Waals surface area contributed by atoms with Crippen LogP contribution >= 0.6 is 11.6 Å². The average Bonchev–Trinajstić information content (AvgIpc) is 1.96. The van der Waals surface area contributed by atoms with Crippen molar-refractivity contribution >= 4 is 11.6 Å². The van der Waals surface area contributed by atoms with Crippen LogP contribution in [0, 0.1) is 0 Å². The van der Waals surface area contributed by atoms with Gasteiger partial charge >= 0.3 is 0 Å². The largest absolute Gasteiger partial charge is 0.314 e. The van der Waals surface area contributed by atoms with E-state index in [0.717, 1.165) is 26.2 Å². The van der Waals surface area contributed by atoms with E-state index in [9.17, 15) is 0 Å². The summed E-state index contributed by atoms with van der Waals surface area (Å²) in [6.45, 7) is 4.56. The van der Waals surface area contributed by atoms with Gasteiger partial charge in [0.15, 0.2) is 0 Å². The molecule has 1 saturated heterocycles. The first kappa shape index (κ1) is 8.21. The zero-order chi connectivity index (χ0) is 6.24. The maximum absolute atomic E-state index is 4.64. The number of halogens is 1. The molecule has 1 rings (SSSR count). The standard InChI is InChI=1S/C4H10N2.CH3Cl/c1-2-6-4-3-5-1;1-2/h5-6H,1-4H2;1H3. The Morgan fingerprint density at radius 1 is 0.875 bits per heavy atom. The fourth-order valence-corrected chi connectivity index (χ4v) is 0.604. The van der Waals surface area contributed by atoms with Crippen LogP contribution in [0.3, 0.4) is 0 Å². The SMILES string of the molecule is C1CNCCN1.CCl. The maximum Gasteiger partial charge on any atom is 0.0108 e. The Labute approximate surface area is 55.6 Å². The molecule has 1 heterocycles. The molecule has 2 nitrogen and oxygen atoms in total. The van der Waals surface area contributed by atoms with Gasteiger partial charge in [0.1, 0.15) is 0 Å². The number of alkyl halides is 1. The number of nitrogens with one attached hydrogen (secondary N) is 2. The Hall–Kier alpha value is 0.210. The predicted molar refractivity (Wildman–Crippen MR) is 37.5 cm³/mol. The molecule has 1 fully saturated rings. The minimum absolute atomic E-state index is 1.14. The molecule has 2 N–H and O–H groups in total. The predicted octanol–water partition coefficient (Wildman–Crippen LogP) is 0.0342. The van der Waals surface area contributed by atoms with Crippen LogP contribution in [-0.2, 0) is 0 Å². The Kier molecular flexibility index (Phi) is 7.40. The first-order valence-corrected chi connectivity index (χ1v) is 3.55. The van der Waals surface area contributed by atoms with E-state index >= 15 is 0 Å². The molecule has 1 aliphatic rings. The highest BCUT2D eigenvalue weighted by atomic mass is 35.5. The lowest BCUT2D eigenvalue weighted by Gasteiger charge is -2.11. The van der Waals surface area contributed by atoms with Crippen molar-refractivity contribution in [3.63, 3.8) is 0 Å². The van der Waals surface area contributed by atoms with Crippen LogP contribution in [0.4, 0.5) is 0 Å². The molecule has 0 atom stereocenters. The van der Waals surface area contributed by atoms with E-state index in [1.807, 2.05) is 0 Å². The van der Waals surface area contributed by atoms with Gasteiger partial charge in [0, 0.05) is 32.6 Å². The van der Waals surface area contributed by atoms with Crippen molar-refractivity contribution in [1.29, 1.82) is 0 Å². The first-order chi connectivity index (χ1) is 4.00. The molecule has 8 heavy (non-hydrogen) atoms. The van der Waals surface area contributed by atoms with Crippen molar-refractivity contribution in [2.45, 2.75) is 0 Å². The van der Waals surface area contributed by atoms with Crippen LogP contribution in [0.15, 0.2) is 0 Å². The van der Waals surface area contributed by atoms with Crippen molar-refractivity contribution in [1.82, 2.24) is 10.6 Å². The molecule has 0 aromatic heterocycles. The zero-order valence-corrected chi connectivity index (χ0v) is 5.96. The lowest BCUT2D eigenvalue weighted by atomic mass is 10.4. The molecule has 0 aliphatic carbocycles. The molecule has 0 radical (unpaired) electrons. The molecule has 0 amide bonds. The highest BCUT2D eigenvalue weighted by Crippen LogP contribution is 1.65. The van der Waals surface area contributed by atoms with E-state index < -0.39 is 0 Å². The highest BCUT2D eigenvalue weighted by Gasteiger charge is 1.91. The summed E-state index contributed by atoms with van der Waals surface area (Å²) in [4.78, 5) is 0. The van der Waals surface area contributed by atoms with Gasteiger partial charge in [-0.3, -0.25) is 0 Å². The fraction of sp³-hybridized carbons (Fsp3) is 1.00. The summed E-state index contributed by atoms with van der Waals surface area (Å²) in [5.41, 5.74) is 0. The highest BCUT2D eigenvalue weighted by molar-refractivity contribution is 6.15. The molecular weight excluding hydrogens is 124 g/mol. The first-order valence-electron chi connectivity index (χ1n) is 2.79. The third kappa shape index (κ3) is 4.37. The summed E-state index contributed by atoms with van der Waals surface area (Å²) in [6.07, 6.45) is 1.47. The van der Waals surface area contributed by atoms with Crippen molar-refractivity contribution in [3.05, 3.63) is 0 Å². The monoisotopic (exact) mass is 136 g/mol. The van der Waals surface area contributed by atoms with Crippen LogP contribution in [0.2, 0.25) is 0 Å². The average molecular weight is 137 g/mol. The summed E-state index contributed by atoms with van der Waals surface area (Å²) < 4.78 is 0. The number of rotatable bonds is 0. The molecule has 0 aromatic carbocycles. The van der Waals surface area contributed by atoms with Crippen LogP contribution in [-0.4, -0.2) is 32.6 Å². The number of hydrogen-bond acceptors (Lipinski definition) is 2. The Morgan fingerprint density at radius 2 is 1.12 bits per heavy atom. The molecule has 1 aliphatic heterocycles. The topological polar surface area (TPSA) is 24.1 Å². The van der Waals surface area contributed by atoms with Gasteiger partial charge < -0.3 is 10.6 Å². The lowest BCUT2D eigenvalue weighted by Crippen LogP contribution is -2.39. The molecule has 0 aromatic rings. The van der Waals surface area contributed by atoms with E-state index in [1.165, 1.54) is 6.38 Å². The normalized spacial score (nSPS) is 18.8. The Morgan fingerprint density at radius 3 is 1.25 bits per heavy atom. The van der Waals surface area contributed by atoms with Crippen molar-refractivity contribution < 1.29 is 0 Å². The minimum atomic E-state index is 1.14. The second kappa shape index (κ2) is 7.21. The smallest absolute Gasteiger partial charge is 0.0108 e. The van der Waals surface area contributed by atoms with Crippen LogP contribution in [0.25, 0.3) is 0 Å². The second-order valence-electron chi connectivity index (χ2n) is 1.50. The lowest BCUT2D eigenvalue weighted by molar-refractivity contribution is 0.534. The summed E-state index contributed by atoms with van der Waals surface area (Å²) in [7, 11) is 0. The van der Waals surface area contributed by atoms with E-state index in [2.05, 4.69) is 22.2 Å². The van der Waals surface area contributed by atoms with E-state index in [0.29, 0.717) is 0 Å². The van der Waals surface area contributed by atoms with E-state index in [4.69, 9.17) is 0 Å². The van der Waals surface area contributed by atoms with Crippen LogP contribution in [0.1, 0.15) is 0 Å². The number of piperazine rings is 1. The molecular formula is C5H13ClN2. The quantitative estimate of drug-likeness (QED) is 0.460. The molecule has 0 spiro atoms. The fourth-order valence-electron chi connectivity index (χ4n) is 0.604. The number of hydrogen-bond donors (Lipinski definition) is 2. The van der Waals surface area contributed by atoms with Crippen LogP contribution < -0.4 is 10.6 Å². The summed E-state index contributed by atoms with van der Waals surface area (Å²) in [5, 5.41) is 6.44. The molecule has 0 bridgehead atoms. The van der Waals surface area contributed by atoms with Crippen molar-refractivity contribution in [3.8, 4) is 0 Å². The third-order valence-corrected chi connectivity index (χ3v) is 0.957. The summed E-state index contributed by atoms with van der Waals surface area (Å²) in [6, 6.07) is 0. The molecule has 0 unspecified atom stereocenters. The maximum atomic E-state index is 4.64. The van der Waals surface area contributed by atoms with Gasteiger partial charge in [0.2, 0.25) is 0 Å². The van der Waals surface area contributed by atoms with E-state index in [-0.39, 0.29) is 0 Å². The molecule has 50 valence electrons. The molecule has 3 heteroatoms. The van der Waals surface area contributed by atoms with Gasteiger partial charge in [-0.05, 0) is 0 Å². The van der Waals surface area contributed by atoms with Crippen molar-refractivity contribution in [2.24, 2.45) is 0 Å². The third-order valence-electron chi connectivity index (χ3n) is 0.957. The second-order valence-corrected chi connectivity index (χ2v) is 1.50. The summed E-state index contributed by atoms with van der Waals surface area (Å²) in [5.74, 6) is 0. The van der Waals surface area contributed by atoms with Gasteiger partial charge in [-0.1, -0.05) is 0 Å². The Balaban J connectivity index is 0.000000222. The molecule has 0 saturated carbocycles. The van der Waals surface area contributed by atoms with E-state index in [1.54, 1.807) is 0 Å². The minimum Gasteiger partial charge on any atom is -0.314 e. The van der Waals surface area contributed by atoms with Gasteiger partial charge in [-0.15, -0.1) is 11.6 Å². The van der Waals surface area contributed by atoms with Gasteiger partial charge in [-0.25, -0.2) is 0 Å². The van der Waals surface area contributed by atoms with Crippen LogP contribution in [0.5, 0.6) is 0 Å². The van der Waals surface area contributed by atoms with Gasteiger partial charge in [0.25, 0.3) is 0 Å². The zero-order valence-electron chi connectivity index (χ0n) is 5.21. The van der Waals surface area contributed by atoms with Gasteiger partial charge in [-0.2, -0.15) is 0 Å².